The summed E-state index contributed by atoms with van der Waals surface area (Å²) < 4.78 is 24.9. The van der Waals surface area contributed by atoms with E-state index in [-0.39, 0.29) is 10.6 Å². The molecule has 1 aromatic carbocycles. The highest BCUT2D eigenvalue weighted by Crippen LogP contribution is 2.34. The summed E-state index contributed by atoms with van der Waals surface area (Å²) in [6.07, 6.45) is 1.04. The number of hydrogen-bond acceptors (Lipinski definition) is 4. The van der Waals surface area contributed by atoms with E-state index >= 15 is 0 Å². The zero-order valence-electron chi connectivity index (χ0n) is 9.98. The van der Waals surface area contributed by atoms with Crippen LogP contribution in [0.1, 0.15) is 9.67 Å². The van der Waals surface area contributed by atoms with Crippen molar-refractivity contribution in [3.05, 3.63) is 46.7 Å². The predicted octanol–water partition coefficient (Wildman–Crippen LogP) is 2.54. The molecule has 0 aliphatic heterocycles. The van der Waals surface area contributed by atoms with Crippen LogP contribution >= 0.6 is 11.3 Å². The molecule has 0 aliphatic carbocycles. The molecule has 19 heavy (non-hydrogen) atoms. The molecule has 1 N–H and O–H groups in total. The Kier molecular flexibility index (Phi) is 3.59. The summed E-state index contributed by atoms with van der Waals surface area (Å²) in [6, 6.07) is 9.87. The van der Waals surface area contributed by atoms with Gasteiger partial charge in [0.1, 0.15) is 4.88 Å². The monoisotopic (exact) mass is 297 g/mol. The molecule has 5 nitrogen and oxygen atoms in total. The van der Waals surface area contributed by atoms with E-state index in [1.54, 1.807) is 35.7 Å². The fourth-order valence-electron chi connectivity index (χ4n) is 1.70. The molecule has 2 rings (SSSR count). The molecule has 7 heteroatoms. The zero-order valence-corrected chi connectivity index (χ0v) is 11.6. The average Bonchev–Trinajstić information content (AvgIpc) is 2.77. The molecule has 0 saturated heterocycles. The minimum absolute atomic E-state index is 0.00530. The van der Waals surface area contributed by atoms with Crippen LogP contribution < -0.4 is 4.31 Å². The predicted molar refractivity (Wildman–Crippen MR) is 74.7 cm³/mol. The highest BCUT2D eigenvalue weighted by atomic mass is 32.2. The molecular weight excluding hydrogens is 286 g/mol. The zero-order chi connectivity index (χ0) is 14.0. The second kappa shape index (κ2) is 5.02. The number of para-hydroxylation sites is 1. The molecule has 0 spiro atoms. The Morgan fingerprint density at radius 2 is 1.84 bits per heavy atom. The molecule has 0 fully saturated rings. The van der Waals surface area contributed by atoms with E-state index < -0.39 is 16.0 Å². The van der Waals surface area contributed by atoms with E-state index in [2.05, 4.69) is 0 Å². The van der Waals surface area contributed by atoms with Crippen LogP contribution in [0, 0.1) is 0 Å². The number of nitrogens with zero attached hydrogens (tertiary/aromatic N) is 1. The SMILES string of the molecule is CS(=O)(=O)N(c1ccccc1)c1ccsc1C(=O)O. The highest BCUT2D eigenvalue weighted by Gasteiger charge is 2.25. The van der Waals surface area contributed by atoms with Gasteiger partial charge in [-0.25, -0.2) is 17.5 Å². The normalized spacial score (nSPS) is 11.2. The van der Waals surface area contributed by atoms with Gasteiger partial charge < -0.3 is 5.11 Å². The number of thiophene rings is 1. The number of hydrogen-bond donors (Lipinski definition) is 1. The number of carbonyl (C=O) groups is 1. The van der Waals surface area contributed by atoms with Crippen LogP contribution in [0.2, 0.25) is 0 Å². The van der Waals surface area contributed by atoms with Crippen LogP contribution in [0.3, 0.4) is 0 Å². The number of benzene rings is 1. The van der Waals surface area contributed by atoms with Gasteiger partial charge in [0, 0.05) is 0 Å². The molecule has 0 unspecified atom stereocenters. The van der Waals surface area contributed by atoms with Crippen molar-refractivity contribution in [1.82, 2.24) is 0 Å². The van der Waals surface area contributed by atoms with E-state index in [1.807, 2.05) is 0 Å². The van der Waals surface area contributed by atoms with E-state index in [9.17, 15) is 13.2 Å². The number of carboxylic acid groups (broad SMARTS) is 1. The van der Waals surface area contributed by atoms with Crippen molar-refractivity contribution in [2.75, 3.05) is 10.6 Å². The maximum Gasteiger partial charge on any atom is 0.348 e. The summed E-state index contributed by atoms with van der Waals surface area (Å²) in [5, 5.41) is 10.7. The lowest BCUT2D eigenvalue weighted by molar-refractivity contribution is 0.0703. The Hall–Kier alpha value is -1.86. The van der Waals surface area contributed by atoms with Crippen molar-refractivity contribution in [1.29, 1.82) is 0 Å². The quantitative estimate of drug-likeness (QED) is 0.941. The molecule has 0 atom stereocenters. The highest BCUT2D eigenvalue weighted by molar-refractivity contribution is 7.92. The Labute approximate surface area is 114 Å². The average molecular weight is 297 g/mol. The second-order valence-corrected chi connectivity index (χ2v) is 6.55. The first-order chi connectivity index (χ1) is 8.91. The van der Waals surface area contributed by atoms with Crippen molar-refractivity contribution in [3.8, 4) is 0 Å². The maximum absolute atomic E-state index is 11.9. The van der Waals surface area contributed by atoms with Crippen LogP contribution in [0.5, 0.6) is 0 Å². The van der Waals surface area contributed by atoms with Gasteiger partial charge in [-0.2, -0.15) is 0 Å². The molecule has 100 valence electrons. The van der Waals surface area contributed by atoms with Gasteiger partial charge in [-0.1, -0.05) is 18.2 Å². The van der Waals surface area contributed by atoms with Gasteiger partial charge in [0.05, 0.1) is 17.6 Å². The number of anilines is 2. The van der Waals surface area contributed by atoms with Gasteiger partial charge in [0.2, 0.25) is 10.0 Å². The first-order valence-corrected chi connectivity index (χ1v) is 8.00. The van der Waals surface area contributed by atoms with Crippen LogP contribution in [-0.4, -0.2) is 25.7 Å². The fraction of sp³-hybridized carbons (Fsp3) is 0.0833. The Morgan fingerprint density at radius 1 is 1.21 bits per heavy atom. The molecule has 0 saturated carbocycles. The third-order valence-electron chi connectivity index (χ3n) is 2.38. The van der Waals surface area contributed by atoms with Gasteiger partial charge in [-0.3, -0.25) is 0 Å². The lowest BCUT2D eigenvalue weighted by Crippen LogP contribution is -2.25. The Morgan fingerprint density at radius 3 is 2.37 bits per heavy atom. The molecule has 2 aromatic rings. The summed E-state index contributed by atoms with van der Waals surface area (Å²) in [7, 11) is -3.62. The smallest absolute Gasteiger partial charge is 0.348 e. The summed E-state index contributed by atoms with van der Waals surface area (Å²) >= 11 is 0.991. The first-order valence-electron chi connectivity index (χ1n) is 5.27. The van der Waals surface area contributed by atoms with E-state index in [0.717, 1.165) is 21.9 Å². The molecule has 0 bridgehead atoms. The van der Waals surface area contributed by atoms with E-state index in [1.165, 1.54) is 6.07 Å². The number of carboxylic acids is 1. The molecular formula is C12H11NO4S2. The maximum atomic E-state index is 11.9. The van der Waals surface area contributed by atoms with Crippen LogP contribution in [0.25, 0.3) is 0 Å². The summed E-state index contributed by atoms with van der Waals surface area (Å²) in [5.41, 5.74) is 0.567. The van der Waals surface area contributed by atoms with Gasteiger partial charge in [-0.15, -0.1) is 11.3 Å². The lowest BCUT2D eigenvalue weighted by Gasteiger charge is -2.21. The Bertz CT molecular complexity index is 692. The van der Waals surface area contributed by atoms with Gasteiger partial charge in [-0.05, 0) is 23.6 Å². The lowest BCUT2D eigenvalue weighted by atomic mass is 10.3. The summed E-state index contributed by atoms with van der Waals surface area (Å²) in [4.78, 5) is 11.1. The van der Waals surface area contributed by atoms with Crippen LogP contribution in [0.4, 0.5) is 11.4 Å². The van der Waals surface area contributed by atoms with Gasteiger partial charge in [0.25, 0.3) is 0 Å². The second-order valence-electron chi connectivity index (χ2n) is 3.80. The van der Waals surface area contributed by atoms with E-state index in [0.29, 0.717) is 5.69 Å². The van der Waals surface area contributed by atoms with Crippen LogP contribution in [0.15, 0.2) is 41.8 Å². The fourth-order valence-corrected chi connectivity index (χ4v) is 3.48. The molecule has 0 amide bonds. The molecule has 1 heterocycles. The van der Waals surface area contributed by atoms with Crippen molar-refractivity contribution in [2.45, 2.75) is 0 Å². The topological polar surface area (TPSA) is 74.7 Å². The first kappa shape index (κ1) is 13.6. The minimum Gasteiger partial charge on any atom is -0.477 e. The summed E-state index contributed by atoms with van der Waals surface area (Å²) in [5.74, 6) is -1.14. The number of aromatic carboxylic acids is 1. The van der Waals surface area contributed by atoms with Crippen molar-refractivity contribution in [2.24, 2.45) is 0 Å². The van der Waals surface area contributed by atoms with Crippen molar-refractivity contribution >= 4 is 38.7 Å². The largest absolute Gasteiger partial charge is 0.477 e. The third kappa shape index (κ3) is 2.77. The van der Waals surface area contributed by atoms with Gasteiger partial charge in [0.15, 0.2) is 0 Å². The standard InChI is InChI=1S/C12H11NO4S2/c1-19(16,17)13(9-5-3-2-4-6-9)10-7-8-18-11(10)12(14)15/h2-8H,1H3,(H,14,15). The molecule has 0 aliphatic rings. The Balaban J connectivity index is 2.64. The number of sulfonamides is 1. The van der Waals surface area contributed by atoms with E-state index in [4.69, 9.17) is 5.11 Å². The van der Waals surface area contributed by atoms with Gasteiger partial charge >= 0.3 is 5.97 Å². The molecule has 0 radical (unpaired) electrons. The number of rotatable bonds is 4. The summed E-state index contributed by atoms with van der Waals surface area (Å²) in [6.45, 7) is 0. The minimum atomic E-state index is -3.62. The van der Waals surface area contributed by atoms with Crippen molar-refractivity contribution in [3.63, 3.8) is 0 Å². The van der Waals surface area contributed by atoms with Crippen LogP contribution in [-0.2, 0) is 10.0 Å². The molecule has 1 aromatic heterocycles. The van der Waals surface area contributed by atoms with Crippen molar-refractivity contribution < 1.29 is 18.3 Å². The third-order valence-corrected chi connectivity index (χ3v) is 4.34.